The number of thiocarbonyl (C=S) groups is 1. The minimum atomic E-state index is -3.45. The molecule has 5 N–H and O–H groups in total. The van der Waals surface area contributed by atoms with Crippen molar-refractivity contribution >= 4 is 43.8 Å². The molecule has 0 atom stereocenters. The number of sulfonamides is 1. The Bertz CT molecular complexity index is 775. The number of primary sulfonamides is 1. The molecule has 112 valence electrons. The van der Waals surface area contributed by atoms with E-state index in [1.807, 2.05) is 24.3 Å². The first kappa shape index (κ1) is 15.6. The molecule has 0 fully saturated rings. The van der Waals surface area contributed by atoms with Crippen molar-refractivity contribution in [2.45, 2.75) is 6.42 Å². The number of fused-ring (bicyclic) bond motifs is 1. The number of pyridine rings is 1. The van der Waals surface area contributed by atoms with Crippen molar-refractivity contribution in [3.63, 3.8) is 0 Å². The van der Waals surface area contributed by atoms with Crippen LogP contribution in [0.15, 0.2) is 30.5 Å². The van der Waals surface area contributed by atoms with Crippen molar-refractivity contribution in [2.24, 2.45) is 10.9 Å². The van der Waals surface area contributed by atoms with Gasteiger partial charge >= 0.3 is 0 Å². The minimum Gasteiger partial charge on any atom is -0.389 e. The van der Waals surface area contributed by atoms with Crippen molar-refractivity contribution in [3.05, 3.63) is 36.0 Å². The van der Waals surface area contributed by atoms with Crippen LogP contribution in [0, 0.1) is 0 Å². The number of nitrogens with zero attached hydrogens (tertiary/aromatic N) is 1. The zero-order chi connectivity index (χ0) is 15.5. The highest BCUT2D eigenvalue weighted by atomic mass is 32.2. The summed E-state index contributed by atoms with van der Waals surface area (Å²) in [6.45, 7) is 0.444. The fourth-order valence-corrected chi connectivity index (χ4v) is 2.71. The van der Waals surface area contributed by atoms with E-state index < -0.39 is 10.0 Å². The summed E-state index contributed by atoms with van der Waals surface area (Å²) in [5.41, 5.74) is 7.93. The zero-order valence-corrected chi connectivity index (χ0v) is 12.9. The first-order valence-corrected chi connectivity index (χ1v) is 8.43. The Hall–Kier alpha value is -1.77. The van der Waals surface area contributed by atoms with Gasteiger partial charge in [0.05, 0.1) is 22.5 Å². The average molecular weight is 324 g/mol. The van der Waals surface area contributed by atoms with Crippen LogP contribution in [0.5, 0.6) is 0 Å². The van der Waals surface area contributed by atoms with Crippen molar-refractivity contribution in [2.75, 3.05) is 17.6 Å². The van der Waals surface area contributed by atoms with Crippen LogP contribution in [0.25, 0.3) is 10.9 Å². The van der Waals surface area contributed by atoms with Gasteiger partial charge in [-0.05, 0) is 12.5 Å². The van der Waals surface area contributed by atoms with Gasteiger partial charge in [-0.1, -0.05) is 30.4 Å². The third-order valence-electron chi connectivity index (χ3n) is 2.95. The SMILES string of the molecule is NC(=S)c1cnc2ccccc2c1NCCCS(N)(=O)=O. The van der Waals surface area contributed by atoms with E-state index in [1.54, 1.807) is 6.20 Å². The van der Waals surface area contributed by atoms with Crippen LogP contribution < -0.4 is 16.2 Å². The maximum Gasteiger partial charge on any atom is 0.209 e. The van der Waals surface area contributed by atoms with E-state index >= 15 is 0 Å². The fourth-order valence-electron chi connectivity index (χ4n) is 2.01. The van der Waals surface area contributed by atoms with Gasteiger partial charge in [0.1, 0.15) is 4.99 Å². The molecular weight excluding hydrogens is 308 g/mol. The molecule has 0 unspecified atom stereocenters. The van der Waals surface area contributed by atoms with Crippen LogP contribution >= 0.6 is 12.2 Å². The Balaban J connectivity index is 2.27. The van der Waals surface area contributed by atoms with Gasteiger partial charge in [-0.2, -0.15) is 0 Å². The van der Waals surface area contributed by atoms with Gasteiger partial charge in [0.15, 0.2) is 0 Å². The molecule has 2 aromatic rings. The summed E-state index contributed by atoms with van der Waals surface area (Å²) < 4.78 is 21.9. The molecule has 0 bridgehead atoms. The molecule has 0 radical (unpaired) electrons. The molecule has 6 nitrogen and oxygen atoms in total. The summed E-state index contributed by atoms with van der Waals surface area (Å²) in [4.78, 5) is 4.55. The molecule has 0 aliphatic carbocycles. The Kier molecular flexibility index (Phi) is 4.71. The Morgan fingerprint density at radius 2 is 2.05 bits per heavy atom. The van der Waals surface area contributed by atoms with Gasteiger partial charge in [-0.3, -0.25) is 4.98 Å². The Morgan fingerprint density at radius 1 is 1.33 bits per heavy atom. The number of hydrogen-bond acceptors (Lipinski definition) is 5. The molecular formula is C13H16N4O2S2. The molecule has 0 spiro atoms. The van der Waals surface area contributed by atoms with E-state index in [0.717, 1.165) is 16.6 Å². The number of nitrogens with one attached hydrogen (secondary N) is 1. The van der Waals surface area contributed by atoms with Crippen LogP contribution in [-0.2, 0) is 10.0 Å². The highest BCUT2D eigenvalue weighted by Gasteiger charge is 2.11. The largest absolute Gasteiger partial charge is 0.389 e. The van der Waals surface area contributed by atoms with E-state index in [-0.39, 0.29) is 10.7 Å². The summed E-state index contributed by atoms with van der Waals surface area (Å²) in [6, 6.07) is 7.57. The summed E-state index contributed by atoms with van der Waals surface area (Å²) >= 11 is 5.03. The second-order valence-corrected chi connectivity index (χ2v) is 6.75. The summed E-state index contributed by atoms with van der Waals surface area (Å²) in [6.07, 6.45) is 2.01. The second kappa shape index (κ2) is 6.33. The van der Waals surface area contributed by atoms with Crippen molar-refractivity contribution in [3.8, 4) is 0 Å². The lowest BCUT2D eigenvalue weighted by Crippen LogP contribution is -2.20. The summed E-state index contributed by atoms with van der Waals surface area (Å²) in [7, 11) is -3.45. The third-order valence-corrected chi connectivity index (χ3v) is 4.03. The number of hydrogen-bond donors (Lipinski definition) is 3. The Morgan fingerprint density at radius 3 is 2.71 bits per heavy atom. The number of nitrogens with two attached hydrogens (primary N) is 2. The van der Waals surface area contributed by atoms with E-state index in [2.05, 4.69) is 10.3 Å². The summed E-state index contributed by atoms with van der Waals surface area (Å²) in [5, 5.41) is 9.05. The number of rotatable bonds is 6. The van der Waals surface area contributed by atoms with Crippen molar-refractivity contribution in [1.29, 1.82) is 0 Å². The van der Waals surface area contributed by atoms with E-state index in [4.69, 9.17) is 23.1 Å². The highest BCUT2D eigenvalue weighted by Crippen LogP contribution is 2.25. The van der Waals surface area contributed by atoms with Gasteiger partial charge in [-0.15, -0.1) is 0 Å². The lowest BCUT2D eigenvalue weighted by molar-refractivity contribution is 0.596. The normalized spacial score (nSPS) is 11.5. The van der Waals surface area contributed by atoms with E-state index in [1.165, 1.54) is 0 Å². The molecule has 0 amide bonds. The van der Waals surface area contributed by atoms with E-state index in [0.29, 0.717) is 18.5 Å². The molecule has 1 aromatic heterocycles. The van der Waals surface area contributed by atoms with E-state index in [9.17, 15) is 8.42 Å². The van der Waals surface area contributed by atoms with Gasteiger partial charge in [0, 0.05) is 18.1 Å². The van der Waals surface area contributed by atoms with Crippen LogP contribution in [0.1, 0.15) is 12.0 Å². The number of aromatic nitrogens is 1. The lowest BCUT2D eigenvalue weighted by Gasteiger charge is -2.13. The fraction of sp³-hybridized carbons (Fsp3) is 0.231. The smallest absolute Gasteiger partial charge is 0.209 e. The quantitative estimate of drug-likeness (QED) is 0.539. The predicted octanol–water partition coefficient (Wildman–Crippen LogP) is 0.960. The average Bonchev–Trinajstić information content (AvgIpc) is 2.42. The number of benzene rings is 1. The van der Waals surface area contributed by atoms with Gasteiger partial charge in [0.2, 0.25) is 10.0 Å². The summed E-state index contributed by atoms with van der Waals surface area (Å²) in [5.74, 6) is -0.0780. The molecule has 2 rings (SSSR count). The molecule has 0 saturated heterocycles. The first-order valence-electron chi connectivity index (χ1n) is 6.30. The third kappa shape index (κ3) is 4.10. The maximum atomic E-state index is 10.9. The molecule has 8 heteroatoms. The zero-order valence-electron chi connectivity index (χ0n) is 11.2. The van der Waals surface area contributed by atoms with Crippen LogP contribution in [0.4, 0.5) is 5.69 Å². The monoisotopic (exact) mass is 324 g/mol. The molecule has 0 saturated carbocycles. The second-order valence-electron chi connectivity index (χ2n) is 4.58. The van der Waals surface area contributed by atoms with Crippen LogP contribution in [-0.4, -0.2) is 30.7 Å². The first-order chi connectivity index (χ1) is 9.88. The maximum absolute atomic E-state index is 10.9. The standard InChI is InChI=1S/C13H16N4O2S2/c14-13(20)10-8-17-11-5-2-1-4-9(11)12(10)16-6-3-7-21(15,18)19/h1-2,4-5,8H,3,6-7H2,(H2,14,20)(H,16,17)(H2,15,18,19). The van der Waals surface area contributed by atoms with Gasteiger partial charge < -0.3 is 11.1 Å². The van der Waals surface area contributed by atoms with Crippen molar-refractivity contribution in [1.82, 2.24) is 4.98 Å². The van der Waals surface area contributed by atoms with Gasteiger partial charge in [-0.25, -0.2) is 13.6 Å². The predicted molar refractivity (Wildman–Crippen MR) is 88.7 cm³/mol. The molecule has 0 aliphatic heterocycles. The number of para-hydroxylation sites is 1. The number of anilines is 1. The molecule has 0 aliphatic rings. The minimum absolute atomic E-state index is 0.0780. The molecule has 1 aromatic carbocycles. The topological polar surface area (TPSA) is 111 Å². The van der Waals surface area contributed by atoms with Crippen molar-refractivity contribution < 1.29 is 8.42 Å². The Labute approximate surface area is 128 Å². The van der Waals surface area contributed by atoms with Crippen LogP contribution in [0.3, 0.4) is 0 Å². The van der Waals surface area contributed by atoms with Gasteiger partial charge in [0.25, 0.3) is 0 Å². The highest BCUT2D eigenvalue weighted by molar-refractivity contribution is 7.89. The van der Waals surface area contributed by atoms with Crippen LogP contribution in [0.2, 0.25) is 0 Å². The lowest BCUT2D eigenvalue weighted by atomic mass is 10.1. The molecule has 21 heavy (non-hydrogen) atoms. The molecule has 1 heterocycles.